The van der Waals surface area contributed by atoms with Gasteiger partial charge in [0.15, 0.2) is 5.13 Å². The van der Waals surface area contributed by atoms with E-state index in [9.17, 15) is 4.79 Å². The van der Waals surface area contributed by atoms with Gasteiger partial charge in [-0.2, -0.15) is 5.10 Å². The van der Waals surface area contributed by atoms with E-state index in [-0.39, 0.29) is 5.91 Å². The van der Waals surface area contributed by atoms with Gasteiger partial charge in [-0.15, -0.1) is 0 Å². The minimum absolute atomic E-state index is 0.157. The summed E-state index contributed by atoms with van der Waals surface area (Å²) in [6, 6.07) is 13.9. The number of carbonyl (C=O) groups is 1. The zero-order valence-corrected chi connectivity index (χ0v) is 18.5. The molecule has 1 aromatic carbocycles. The highest BCUT2D eigenvalue weighted by Crippen LogP contribution is 2.28. The fraction of sp³-hybridized carbons (Fsp3) is 0.304. The number of pyridine rings is 1. The van der Waals surface area contributed by atoms with Crippen LogP contribution in [0.5, 0.6) is 0 Å². The quantitative estimate of drug-likeness (QED) is 0.495. The van der Waals surface area contributed by atoms with Gasteiger partial charge in [-0.25, -0.2) is 14.6 Å². The Bertz CT molecular complexity index is 1190. The Balaban J connectivity index is 1.26. The first kappa shape index (κ1) is 19.7. The molecule has 0 aliphatic carbocycles. The summed E-state index contributed by atoms with van der Waals surface area (Å²) >= 11 is 1.61. The standard InChI is InChI=1S/C23H24N6OS/c1-16-19(17(2)29(26-16)18-7-4-3-5-8-18)15-21(30)27-11-13-28(14-12-27)23-25-20-9-6-10-24-22(20)31-23/h3-10H,11-15H2,1-2H3. The lowest BCUT2D eigenvalue weighted by Crippen LogP contribution is -2.49. The molecule has 0 saturated carbocycles. The molecule has 158 valence electrons. The molecule has 0 atom stereocenters. The van der Waals surface area contributed by atoms with Crippen molar-refractivity contribution >= 4 is 32.7 Å². The van der Waals surface area contributed by atoms with Crippen molar-refractivity contribution < 1.29 is 4.79 Å². The van der Waals surface area contributed by atoms with Crippen LogP contribution < -0.4 is 4.90 Å². The molecule has 1 aliphatic rings. The van der Waals surface area contributed by atoms with Crippen LogP contribution in [0.2, 0.25) is 0 Å². The van der Waals surface area contributed by atoms with E-state index in [1.54, 1.807) is 17.5 Å². The van der Waals surface area contributed by atoms with Gasteiger partial charge in [0.2, 0.25) is 5.91 Å². The number of aromatic nitrogens is 4. The number of anilines is 1. The van der Waals surface area contributed by atoms with E-state index >= 15 is 0 Å². The smallest absolute Gasteiger partial charge is 0.227 e. The Kier molecular flexibility index (Phi) is 5.15. The van der Waals surface area contributed by atoms with E-state index in [0.717, 1.165) is 51.2 Å². The highest BCUT2D eigenvalue weighted by atomic mass is 32.1. The summed E-state index contributed by atoms with van der Waals surface area (Å²) in [4.78, 5) is 27.3. The van der Waals surface area contributed by atoms with Crippen LogP contribution in [0.15, 0.2) is 48.7 Å². The van der Waals surface area contributed by atoms with Crippen LogP contribution in [-0.2, 0) is 11.2 Å². The first-order chi connectivity index (χ1) is 15.1. The van der Waals surface area contributed by atoms with Crippen LogP contribution in [0, 0.1) is 13.8 Å². The first-order valence-electron chi connectivity index (χ1n) is 10.4. The fourth-order valence-electron chi connectivity index (χ4n) is 4.06. The SMILES string of the molecule is Cc1nn(-c2ccccc2)c(C)c1CC(=O)N1CCN(c2nc3cccnc3s2)CC1. The molecule has 4 heterocycles. The van der Waals surface area contributed by atoms with Crippen molar-refractivity contribution in [3.05, 3.63) is 65.6 Å². The number of aryl methyl sites for hydroxylation is 1. The Labute approximate surface area is 185 Å². The number of fused-ring (bicyclic) bond motifs is 1. The third-order valence-electron chi connectivity index (χ3n) is 5.83. The van der Waals surface area contributed by atoms with E-state index in [1.807, 2.05) is 65.9 Å². The highest BCUT2D eigenvalue weighted by Gasteiger charge is 2.25. The molecule has 0 radical (unpaired) electrons. The highest BCUT2D eigenvalue weighted by molar-refractivity contribution is 7.21. The third-order valence-corrected chi connectivity index (χ3v) is 6.87. The maximum atomic E-state index is 13.0. The molecule has 5 rings (SSSR count). The van der Waals surface area contributed by atoms with Crippen LogP contribution in [0.4, 0.5) is 5.13 Å². The third kappa shape index (κ3) is 3.79. The average molecular weight is 433 g/mol. The Hall–Kier alpha value is -3.26. The van der Waals surface area contributed by atoms with Crippen LogP contribution >= 0.6 is 11.3 Å². The lowest BCUT2D eigenvalue weighted by Gasteiger charge is -2.34. The molecular weight excluding hydrogens is 408 g/mol. The molecule has 0 unspecified atom stereocenters. The summed E-state index contributed by atoms with van der Waals surface area (Å²) in [5.74, 6) is 0.157. The first-order valence-corrected chi connectivity index (χ1v) is 11.3. The van der Waals surface area contributed by atoms with Gasteiger partial charge in [0.1, 0.15) is 10.3 Å². The second-order valence-electron chi connectivity index (χ2n) is 7.77. The Morgan fingerprint density at radius 3 is 2.55 bits per heavy atom. The molecule has 7 nitrogen and oxygen atoms in total. The van der Waals surface area contributed by atoms with E-state index in [4.69, 9.17) is 4.98 Å². The van der Waals surface area contributed by atoms with E-state index in [0.29, 0.717) is 19.5 Å². The van der Waals surface area contributed by atoms with Gasteiger partial charge in [-0.05, 0) is 38.1 Å². The maximum absolute atomic E-state index is 13.0. The second-order valence-corrected chi connectivity index (χ2v) is 8.72. The number of hydrogen-bond acceptors (Lipinski definition) is 6. The molecule has 1 amide bonds. The van der Waals surface area contributed by atoms with Crippen molar-refractivity contribution in [2.24, 2.45) is 0 Å². The number of piperazine rings is 1. The molecule has 0 spiro atoms. The zero-order chi connectivity index (χ0) is 21.4. The van der Waals surface area contributed by atoms with Crippen molar-refractivity contribution in [2.45, 2.75) is 20.3 Å². The zero-order valence-electron chi connectivity index (χ0n) is 17.7. The van der Waals surface area contributed by atoms with Crippen molar-refractivity contribution in [1.29, 1.82) is 0 Å². The molecular formula is C23H24N6OS. The van der Waals surface area contributed by atoms with E-state index in [1.165, 1.54) is 0 Å². The molecule has 3 aromatic heterocycles. The molecule has 8 heteroatoms. The van der Waals surface area contributed by atoms with Gasteiger partial charge in [0.05, 0.1) is 17.8 Å². The molecule has 1 aliphatic heterocycles. The van der Waals surface area contributed by atoms with Crippen molar-refractivity contribution in [1.82, 2.24) is 24.6 Å². The summed E-state index contributed by atoms with van der Waals surface area (Å²) in [6.07, 6.45) is 2.18. The molecule has 1 saturated heterocycles. The lowest BCUT2D eigenvalue weighted by atomic mass is 10.1. The number of carbonyl (C=O) groups excluding carboxylic acids is 1. The topological polar surface area (TPSA) is 67.2 Å². The van der Waals surface area contributed by atoms with Gasteiger partial charge in [-0.1, -0.05) is 29.5 Å². The number of amides is 1. The van der Waals surface area contributed by atoms with Gasteiger partial charge >= 0.3 is 0 Å². The van der Waals surface area contributed by atoms with Crippen LogP contribution in [-0.4, -0.2) is 56.7 Å². The van der Waals surface area contributed by atoms with Crippen molar-refractivity contribution in [3.63, 3.8) is 0 Å². The summed E-state index contributed by atoms with van der Waals surface area (Å²) in [7, 11) is 0. The monoisotopic (exact) mass is 432 g/mol. The minimum Gasteiger partial charge on any atom is -0.344 e. The molecule has 1 fully saturated rings. The normalized spacial score (nSPS) is 14.4. The maximum Gasteiger partial charge on any atom is 0.227 e. The number of nitrogens with zero attached hydrogens (tertiary/aromatic N) is 6. The second kappa shape index (κ2) is 8.11. The van der Waals surface area contributed by atoms with E-state index < -0.39 is 0 Å². The minimum atomic E-state index is 0.157. The number of thiazole rings is 1. The summed E-state index contributed by atoms with van der Waals surface area (Å²) in [5.41, 5.74) is 4.91. The number of benzene rings is 1. The average Bonchev–Trinajstić information content (AvgIpc) is 3.36. The van der Waals surface area contributed by atoms with Crippen molar-refractivity contribution in [3.8, 4) is 5.69 Å². The molecule has 4 aromatic rings. The predicted octanol–water partition coefficient (Wildman–Crippen LogP) is 3.39. The van der Waals surface area contributed by atoms with Crippen LogP contribution in [0.1, 0.15) is 17.0 Å². The molecule has 0 bridgehead atoms. The van der Waals surface area contributed by atoms with Gasteiger partial charge in [0, 0.05) is 43.6 Å². The molecule has 31 heavy (non-hydrogen) atoms. The van der Waals surface area contributed by atoms with E-state index in [2.05, 4.69) is 15.0 Å². The van der Waals surface area contributed by atoms with Crippen LogP contribution in [0.25, 0.3) is 16.0 Å². The van der Waals surface area contributed by atoms with Crippen molar-refractivity contribution in [2.75, 3.05) is 31.1 Å². The number of hydrogen-bond donors (Lipinski definition) is 0. The summed E-state index contributed by atoms with van der Waals surface area (Å²) in [5, 5.41) is 5.66. The van der Waals surface area contributed by atoms with Gasteiger partial charge < -0.3 is 9.80 Å². The summed E-state index contributed by atoms with van der Waals surface area (Å²) in [6.45, 7) is 6.99. The largest absolute Gasteiger partial charge is 0.344 e. The summed E-state index contributed by atoms with van der Waals surface area (Å²) < 4.78 is 1.93. The predicted molar refractivity (Wildman–Crippen MR) is 123 cm³/mol. The lowest BCUT2D eigenvalue weighted by molar-refractivity contribution is -0.130. The molecule has 0 N–H and O–H groups in total. The Morgan fingerprint density at radius 1 is 1.03 bits per heavy atom. The number of para-hydroxylation sites is 1. The van der Waals surface area contributed by atoms with Crippen LogP contribution in [0.3, 0.4) is 0 Å². The fourth-order valence-corrected chi connectivity index (χ4v) is 5.02. The van der Waals surface area contributed by atoms with Gasteiger partial charge in [0.25, 0.3) is 0 Å². The van der Waals surface area contributed by atoms with Gasteiger partial charge in [-0.3, -0.25) is 4.79 Å². The number of rotatable bonds is 4. The Morgan fingerprint density at radius 2 is 1.81 bits per heavy atom.